The van der Waals surface area contributed by atoms with Crippen LogP contribution in [-0.4, -0.2) is 32.6 Å². The molecule has 2 aromatic carbocycles. The van der Waals surface area contributed by atoms with E-state index in [4.69, 9.17) is 16.3 Å². The number of halogens is 1. The van der Waals surface area contributed by atoms with Gasteiger partial charge in [-0.05, 0) is 55.7 Å². The summed E-state index contributed by atoms with van der Waals surface area (Å²) in [5, 5.41) is 12.5. The van der Waals surface area contributed by atoms with Gasteiger partial charge in [-0.2, -0.15) is 0 Å². The number of fused-ring (bicyclic) bond motifs is 1. The molecule has 32 heavy (non-hydrogen) atoms. The number of anilines is 1. The van der Waals surface area contributed by atoms with Gasteiger partial charge in [0.1, 0.15) is 11.0 Å². The lowest BCUT2D eigenvalue weighted by Gasteiger charge is -2.33. The Morgan fingerprint density at radius 2 is 2.00 bits per heavy atom. The number of ether oxygens (including phenoxy) is 1. The first kappa shape index (κ1) is 22.5. The van der Waals surface area contributed by atoms with Gasteiger partial charge in [0.05, 0.1) is 12.6 Å². The topological polar surface area (TPSA) is 81.1 Å². The second-order valence-corrected chi connectivity index (χ2v) is 9.13. The van der Waals surface area contributed by atoms with Gasteiger partial charge < -0.3 is 15.5 Å². The van der Waals surface area contributed by atoms with Crippen molar-refractivity contribution in [3.8, 4) is 5.75 Å². The summed E-state index contributed by atoms with van der Waals surface area (Å²) in [4.78, 5) is 13.4. The van der Waals surface area contributed by atoms with Crippen molar-refractivity contribution in [2.45, 2.75) is 50.1 Å². The third-order valence-electron chi connectivity index (χ3n) is 5.24. The molecule has 0 bridgehead atoms. The van der Waals surface area contributed by atoms with Crippen molar-refractivity contribution in [1.82, 2.24) is 14.9 Å². The van der Waals surface area contributed by atoms with Gasteiger partial charge in [-0.1, -0.05) is 48.5 Å². The van der Waals surface area contributed by atoms with Crippen molar-refractivity contribution < 1.29 is 9.53 Å². The normalized spacial score (nSPS) is 17.4. The summed E-state index contributed by atoms with van der Waals surface area (Å²) in [7, 11) is 0. The highest BCUT2D eigenvalue weighted by Gasteiger charge is 2.38. The third kappa shape index (κ3) is 4.71. The molecule has 0 saturated heterocycles. The maximum Gasteiger partial charge on any atom is 0.240 e. The predicted octanol–water partition coefficient (Wildman–Crippen LogP) is 4.99. The molecule has 2 N–H and O–H groups in total. The molecule has 1 aliphatic heterocycles. The van der Waals surface area contributed by atoms with Gasteiger partial charge in [0.15, 0.2) is 5.82 Å². The second kappa shape index (κ2) is 9.83. The first-order chi connectivity index (χ1) is 15.5. The van der Waals surface area contributed by atoms with Gasteiger partial charge >= 0.3 is 0 Å². The fourth-order valence-electron chi connectivity index (χ4n) is 3.61. The zero-order valence-electron chi connectivity index (χ0n) is 18.3. The molecule has 2 heterocycles. The monoisotopic (exact) mass is 471 g/mol. The Morgan fingerprint density at radius 1 is 1.22 bits per heavy atom. The number of amides is 1. The zero-order valence-corrected chi connectivity index (χ0v) is 19.8. The number of aromatic nitrogens is 3. The Hall–Kier alpha value is -2.71. The highest BCUT2D eigenvalue weighted by molar-refractivity contribution is 8.00. The molecule has 0 radical (unpaired) electrons. The van der Waals surface area contributed by atoms with Crippen molar-refractivity contribution in [3.05, 3.63) is 64.4 Å². The number of carbonyl (C=O) groups excluding carboxylic acids is 1. The number of thioether (sulfide) groups is 1. The average Bonchev–Trinajstić information content (AvgIpc) is 3.18. The van der Waals surface area contributed by atoms with Crippen LogP contribution in [0.4, 0.5) is 5.69 Å². The number of nitrogens with one attached hydrogen (secondary N) is 2. The van der Waals surface area contributed by atoms with Gasteiger partial charge in [0, 0.05) is 17.1 Å². The Kier molecular flexibility index (Phi) is 6.91. The molecule has 2 atom stereocenters. The fraction of sp³-hybridized carbons (Fsp3) is 0.348. The molecule has 0 spiro atoms. The highest BCUT2D eigenvalue weighted by Crippen LogP contribution is 2.38. The smallest absolute Gasteiger partial charge is 0.240 e. The first-order valence-corrected chi connectivity index (χ1v) is 11.9. The van der Waals surface area contributed by atoms with E-state index in [0.29, 0.717) is 22.5 Å². The van der Waals surface area contributed by atoms with E-state index in [1.165, 1.54) is 11.8 Å². The molecule has 7 nitrogen and oxygen atoms in total. The van der Waals surface area contributed by atoms with Gasteiger partial charge in [-0.3, -0.25) is 4.79 Å². The van der Waals surface area contributed by atoms with Crippen LogP contribution in [0.15, 0.2) is 47.6 Å². The summed E-state index contributed by atoms with van der Waals surface area (Å²) in [6.45, 7) is 6.60. The van der Waals surface area contributed by atoms with Crippen LogP contribution in [0.1, 0.15) is 43.3 Å². The van der Waals surface area contributed by atoms with E-state index in [2.05, 4.69) is 27.9 Å². The first-order valence-electron chi connectivity index (χ1n) is 10.7. The van der Waals surface area contributed by atoms with Crippen LogP contribution in [0, 0.1) is 6.92 Å². The second-order valence-electron chi connectivity index (χ2n) is 7.58. The average molecular weight is 472 g/mol. The summed E-state index contributed by atoms with van der Waals surface area (Å²) in [5.74, 6) is 1.53. The predicted molar refractivity (Wildman–Crippen MR) is 128 cm³/mol. The number of hydrogen-bond acceptors (Lipinski definition) is 6. The van der Waals surface area contributed by atoms with Crippen LogP contribution in [-0.2, 0) is 11.2 Å². The molecule has 9 heteroatoms. The minimum atomic E-state index is -0.461. The summed E-state index contributed by atoms with van der Waals surface area (Å²) in [6, 6.07) is 13.0. The van der Waals surface area contributed by atoms with Crippen molar-refractivity contribution >= 4 is 35.0 Å². The van der Waals surface area contributed by atoms with Crippen LogP contribution in [0.25, 0.3) is 0 Å². The standard InChI is InChI=1S/C23H26ClN5O2S/c1-4-6-19-26-27-23-29(19)28-20(15-8-11-17(12-9-15)31-5-2)21(32-23)22(30)25-18-13-16(24)10-7-14(18)3/h7-13,20-21,28H,4-6H2,1-3H3,(H,25,30)/t20-,21-/m0/s1. The molecule has 0 fully saturated rings. The SMILES string of the molecule is CCCc1nnc2n1N[C@@H](c1ccc(OCC)cc1)[C@@H](C(=O)Nc1cc(Cl)ccc1C)S2. The molecule has 0 aliphatic carbocycles. The van der Waals surface area contributed by atoms with E-state index in [0.717, 1.165) is 35.5 Å². The van der Waals surface area contributed by atoms with Crippen LogP contribution in [0.3, 0.4) is 0 Å². The lowest BCUT2D eigenvalue weighted by molar-refractivity contribution is -0.116. The fourth-order valence-corrected chi connectivity index (χ4v) is 4.88. The van der Waals surface area contributed by atoms with Gasteiger partial charge in [0.2, 0.25) is 11.1 Å². The number of nitrogens with zero attached hydrogens (tertiary/aromatic N) is 3. The maximum atomic E-state index is 13.4. The van der Waals surface area contributed by atoms with Gasteiger partial charge in [-0.25, -0.2) is 4.68 Å². The van der Waals surface area contributed by atoms with Crippen molar-refractivity contribution in [2.24, 2.45) is 0 Å². The minimum Gasteiger partial charge on any atom is -0.494 e. The van der Waals surface area contributed by atoms with E-state index < -0.39 is 5.25 Å². The molecular formula is C23H26ClN5O2S. The largest absolute Gasteiger partial charge is 0.494 e. The Bertz CT molecular complexity index is 1100. The quantitative estimate of drug-likeness (QED) is 0.505. The van der Waals surface area contributed by atoms with E-state index in [1.807, 2.05) is 54.9 Å². The van der Waals surface area contributed by atoms with E-state index in [-0.39, 0.29) is 11.9 Å². The molecule has 1 amide bonds. The van der Waals surface area contributed by atoms with Crippen LogP contribution >= 0.6 is 23.4 Å². The van der Waals surface area contributed by atoms with Gasteiger partial charge in [-0.15, -0.1) is 10.2 Å². The molecule has 1 aliphatic rings. The Labute approximate surface area is 196 Å². The maximum absolute atomic E-state index is 13.4. The summed E-state index contributed by atoms with van der Waals surface area (Å²) in [6.07, 6.45) is 1.76. The summed E-state index contributed by atoms with van der Waals surface area (Å²) < 4.78 is 7.48. The molecule has 4 rings (SSSR count). The number of hydrogen-bond donors (Lipinski definition) is 2. The Balaban J connectivity index is 1.66. The van der Waals surface area contributed by atoms with Crippen LogP contribution in [0.2, 0.25) is 5.02 Å². The zero-order chi connectivity index (χ0) is 22.7. The lowest BCUT2D eigenvalue weighted by atomic mass is 10.0. The molecule has 0 unspecified atom stereocenters. The molecule has 168 valence electrons. The van der Waals surface area contributed by atoms with Crippen molar-refractivity contribution in [1.29, 1.82) is 0 Å². The van der Waals surface area contributed by atoms with Crippen molar-refractivity contribution in [2.75, 3.05) is 17.3 Å². The number of benzene rings is 2. The number of aryl methyl sites for hydroxylation is 2. The molecule has 0 saturated carbocycles. The number of rotatable bonds is 7. The molecular weight excluding hydrogens is 446 g/mol. The van der Waals surface area contributed by atoms with Gasteiger partial charge in [0.25, 0.3) is 0 Å². The summed E-state index contributed by atoms with van der Waals surface area (Å²) >= 11 is 7.56. The van der Waals surface area contributed by atoms with Crippen LogP contribution in [0.5, 0.6) is 5.75 Å². The third-order valence-corrected chi connectivity index (χ3v) is 6.69. The van der Waals surface area contributed by atoms with E-state index in [1.54, 1.807) is 6.07 Å². The highest BCUT2D eigenvalue weighted by atomic mass is 35.5. The lowest BCUT2D eigenvalue weighted by Crippen LogP contribution is -2.41. The van der Waals surface area contributed by atoms with E-state index >= 15 is 0 Å². The molecule has 3 aromatic rings. The van der Waals surface area contributed by atoms with E-state index in [9.17, 15) is 4.79 Å². The minimum absolute atomic E-state index is 0.127. The molecule has 1 aromatic heterocycles. The van der Waals surface area contributed by atoms with Crippen molar-refractivity contribution in [3.63, 3.8) is 0 Å². The number of carbonyl (C=O) groups is 1. The van der Waals surface area contributed by atoms with Crippen LogP contribution < -0.4 is 15.5 Å². The Morgan fingerprint density at radius 3 is 2.72 bits per heavy atom. The summed E-state index contributed by atoms with van der Waals surface area (Å²) in [5.41, 5.74) is 6.11.